The molecule has 0 aliphatic carbocycles. The molecule has 2 atom stereocenters. The summed E-state index contributed by atoms with van der Waals surface area (Å²) in [6, 6.07) is 7.76. The minimum Gasteiger partial charge on any atom is -0.394 e. The molecule has 1 amide bonds. The molecule has 1 saturated heterocycles. The summed E-state index contributed by atoms with van der Waals surface area (Å²) >= 11 is 1.61. The maximum absolute atomic E-state index is 12.2. The van der Waals surface area contributed by atoms with E-state index in [0.717, 1.165) is 10.6 Å². The van der Waals surface area contributed by atoms with Crippen LogP contribution in [0, 0.1) is 0 Å². The molecule has 1 fully saturated rings. The van der Waals surface area contributed by atoms with Gasteiger partial charge in [0.1, 0.15) is 0 Å². The Hall–Kier alpha value is -1.08. The van der Waals surface area contributed by atoms with E-state index in [9.17, 15) is 9.90 Å². The summed E-state index contributed by atoms with van der Waals surface area (Å²) < 4.78 is 5.58. The van der Waals surface area contributed by atoms with Gasteiger partial charge in [-0.2, -0.15) is 0 Å². The lowest BCUT2D eigenvalue weighted by atomic mass is 10.2. The number of nitrogens with one attached hydrogen (secondary N) is 1. The van der Waals surface area contributed by atoms with E-state index in [4.69, 9.17) is 4.74 Å². The lowest BCUT2D eigenvalue weighted by Crippen LogP contribution is -2.50. The van der Waals surface area contributed by atoms with Crippen molar-refractivity contribution in [3.8, 4) is 0 Å². The molecular formula is C15H22N2O3S. The summed E-state index contributed by atoms with van der Waals surface area (Å²) in [5, 5.41) is 12.2. The third kappa shape index (κ3) is 4.71. The molecule has 2 unspecified atom stereocenters. The van der Waals surface area contributed by atoms with Crippen LogP contribution in [0.5, 0.6) is 0 Å². The van der Waals surface area contributed by atoms with Gasteiger partial charge in [0.2, 0.25) is 5.91 Å². The maximum atomic E-state index is 12.2. The van der Waals surface area contributed by atoms with Gasteiger partial charge in [0.15, 0.2) is 0 Å². The number of amides is 1. The topological polar surface area (TPSA) is 61.8 Å². The molecule has 6 heteroatoms. The number of thioether (sulfide) groups is 1. The van der Waals surface area contributed by atoms with Gasteiger partial charge >= 0.3 is 0 Å². The van der Waals surface area contributed by atoms with E-state index >= 15 is 0 Å². The van der Waals surface area contributed by atoms with Gasteiger partial charge in [-0.15, -0.1) is 11.8 Å². The van der Waals surface area contributed by atoms with Crippen LogP contribution in [0.2, 0.25) is 0 Å². The van der Waals surface area contributed by atoms with E-state index in [1.807, 2.05) is 42.3 Å². The van der Waals surface area contributed by atoms with E-state index in [1.54, 1.807) is 11.8 Å². The largest absolute Gasteiger partial charge is 0.394 e. The Balaban J connectivity index is 1.92. The first-order valence-electron chi connectivity index (χ1n) is 7.04. The monoisotopic (exact) mass is 310 g/mol. The van der Waals surface area contributed by atoms with Crippen molar-refractivity contribution in [2.45, 2.75) is 24.0 Å². The molecule has 1 aliphatic rings. The van der Waals surface area contributed by atoms with Crippen LogP contribution in [-0.2, 0) is 9.53 Å². The number of nitrogens with zero attached hydrogens (tertiary/aromatic N) is 1. The van der Waals surface area contributed by atoms with Crippen LogP contribution in [0.15, 0.2) is 29.2 Å². The number of anilines is 1. The molecule has 0 radical (unpaired) electrons. The number of para-hydroxylation sites is 1. The number of carbonyl (C=O) groups is 1. The fraction of sp³-hybridized carbons (Fsp3) is 0.533. The van der Waals surface area contributed by atoms with Gasteiger partial charge in [-0.05, 0) is 25.3 Å². The third-order valence-corrected chi connectivity index (χ3v) is 4.15. The summed E-state index contributed by atoms with van der Waals surface area (Å²) in [6.07, 6.45) is 1.81. The Morgan fingerprint density at radius 1 is 1.48 bits per heavy atom. The number of ether oxygens (including phenoxy) is 1. The molecule has 1 aromatic rings. The van der Waals surface area contributed by atoms with Crippen LogP contribution in [0.3, 0.4) is 0 Å². The molecule has 5 nitrogen and oxygen atoms in total. The first-order chi connectivity index (χ1) is 10.1. The SMILES string of the molecule is CSc1ccccc1NC(=O)CN1CC(C)OC(CO)C1. The second-order valence-electron chi connectivity index (χ2n) is 5.19. The van der Waals surface area contributed by atoms with Gasteiger partial charge in [-0.3, -0.25) is 9.69 Å². The van der Waals surface area contributed by atoms with E-state index in [1.165, 1.54) is 0 Å². The zero-order chi connectivity index (χ0) is 15.2. The molecule has 2 rings (SSSR count). The highest BCUT2D eigenvalue weighted by Gasteiger charge is 2.26. The summed E-state index contributed by atoms with van der Waals surface area (Å²) in [4.78, 5) is 15.3. The van der Waals surface area contributed by atoms with Crippen LogP contribution in [0.4, 0.5) is 5.69 Å². The quantitative estimate of drug-likeness (QED) is 0.806. The number of hydrogen-bond acceptors (Lipinski definition) is 5. The summed E-state index contributed by atoms with van der Waals surface area (Å²) in [5.41, 5.74) is 0.843. The molecule has 2 N–H and O–H groups in total. The fourth-order valence-electron chi connectivity index (χ4n) is 2.51. The van der Waals surface area contributed by atoms with Crippen molar-refractivity contribution in [3.05, 3.63) is 24.3 Å². The smallest absolute Gasteiger partial charge is 0.238 e. The van der Waals surface area contributed by atoms with Gasteiger partial charge in [-0.25, -0.2) is 0 Å². The molecule has 0 aromatic heterocycles. The second kappa shape index (κ2) is 7.79. The van der Waals surface area contributed by atoms with Crippen LogP contribution in [0.25, 0.3) is 0 Å². The predicted octanol–water partition coefficient (Wildman–Crippen LogP) is 1.43. The third-order valence-electron chi connectivity index (χ3n) is 3.35. The molecule has 1 heterocycles. The number of aliphatic hydroxyl groups is 1. The second-order valence-corrected chi connectivity index (χ2v) is 6.04. The van der Waals surface area contributed by atoms with Crippen LogP contribution >= 0.6 is 11.8 Å². The van der Waals surface area contributed by atoms with Gasteiger partial charge in [0, 0.05) is 18.0 Å². The zero-order valence-corrected chi connectivity index (χ0v) is 13.2. The van der Waals surface area contributed by atoms with E-state index in [0.29, 0.717) is 19.6 Å². The zero-order valence-electron chi connectivity index (χ0n) is 12.4. The highest BCUT2D eigenvalue weighted by atomic mass is 32.2. The van der Waals surface area contributed by atoms with Crippen LogP contribution in [0.1, 0.15) is 6.92 Å². The van der Waals surface area contributed by atoms with E-state index in [-0.39, 0.29) is 24.7 Å². The van der Waals surface area contributed by atoms with Gasteiger partial charge in [0.05, 0.1) is 31.0 Å². The Kier molecular flexibility index (Phi) is 6.05. The molecule has 1 aromatic carbocycles. The Morgan fingerprint density at radius 2 is 2.24 bits per heavy atom. The van der Waals surface area contributed by atoms with Crippen molar-refractivity contribution in [3.63, 3.8) is 0 Å². The van der Waals surface area contributed by atoms with Gasteiger partial charge in [-0.1, -0.05) is 12.1 Å². The molecule has 1 aliphatic heterocycles. The molecule has 0 saturated carbocycles. The minimum absolute atomic E-state index is 0.0161. The first-order valence-corrected chi connectivity index (χ1v) is 8.26. The Morgan fingerprint density at radius 3 is 2.95 bits per heavy atom. The van der Waals surface area contributed by atoms with E-state index < -0.39 is 0 Å². The van der Waals surface area contributed by atoms with Crippen LogP contribution < -0.4 is 5.32 Å². The number of benzene rings is 1. The number of hydrogen-bond donors (Lipinski definition) is 2. The van der Waals surface area contributed by atoms with Crippen molar-refractivity contribution in [2.24, 2.45) is 0 Å². The number of aliphatic hydroxyl groups excluding tert-OH is 1. The van der Waals surface area contributed by atoms with Crippen molar-refractivity contribution >= 4 is 23.4 Å². The summed E-state index contributed by atoms with van der Waals surface area (Å²) in [5.74, 6) is -0.0395. The maximum Gasteiger partial charge on any atom is 0.238 e. The van der Waals surface area contributed by atoms with Crippen molar-refractivity contribution < 1.29 is 14.6 Å². The standard InChI is InChI=1S/C15H22N2O3S/c1-11-7-17(8-12(10-18)20-11)9-15(19)16-13-5-3-4-6-14(13)21-2/h3-6,11-12,18H,7-10H2,1-2H3,(H,16,19). The lowest BCUT2D eigenvalue weighted by Gasteiger charge is -2.35. The first kappa shape index (κ1) is 16.3. The number of rotatable bonds is 5. The minimum atomic E-state index is -0.208. The number of morpholine rings is 1. The summed E-state index contributed by atoms with van der Waals surface area (Å²) in [6.45, 7) is 3.53. The molecular weight excluding hydrogens is 288 g/mol. The molecule has 0 bridgehead atoms. The van der Waals surface area contributed by atoms with E-state index in [2.05, 4.69) is 5.32 Å². The Labute approximate surface area is 129 Å². The molecule has 21 heavy (non-hydrogen) atoms. The normalized spacial score (nSPS) is 23.0. The Bertz CT molecular complexity index is 484. The average Bonchev–Trinajstić information content (AvgIpc) is 2.47. The number of carbonyl (C=O) groups excluding carboxylic acids is 1. The van der Waals surface area contributed by atoms with Crippen molar-refractivity contribution in [1.82, 2.24) is 4.90 Å². The molecule has 0 spiro atoms. The average molecular weight is 310 g/mol. The van der Waals surface area contributed by atoms with Gasteiger partial charge in [0.25, 0.3) is 0 Å². The highest BCUT2D eigenvalue weighted by Crippen LogP contribution is 2.24. The lowest BCUT2D eigenvalue weighted by molar-refractivity contribution is -0.124. The van der Waals surface area contributed by atoms with Crippen molar-refractivity contribution in [2.75, 3.05) is 37.8 Å². The van der Waals surface area contributed by atoms with Crippen LogP contribution in [-0.4, -0.2) is 60.6 Å². The molecule has 116 valence electrons. The van der Waals surface area contributed by atoms with Gasteiger partial charge < -0.3 is 15.2 Å². The van der Waals surface area contributed by atoms with Crippen molar-refractivity contribution in [1.29, 1.82) is 0 Å². The predicted molar refractivity (Wildman–Crippen MR) is 84.7 cm³/mol. The summed E-state index contributed by atoms with van der Waals surface area (Å²) in [7, 11) is 0. The highest BCUT2D eigenvalue weighted by molar-refractivity contribution is 7.98. The fourth-order valence-corrected chi connectivity index (χ4v) is 3.06.